The maximum Gasteiger partial charge on any atom is 0.573 e. The molecular formula is C15H13F6NO4. The summed E-state index contributed by atoms with van der Waals surface area (Å²) in [4.78, 5) is 24.0. The predicted molar refractivity (Wildman–Crippen MR) is 74.1 cm³/mol. The van der Waals surface area contributed by atoms with E-state index < -0.39 is 61.5 Å². The van der Waals surface area contributed by atoms with Gasteiger partial charge in [0.2, 0.25) is 5.91 Å². The fraction of sp³-hybridized carbons (Fsp3) is 0.467. The Hall–Kier alpha value is -2.46. The van der Waals surface area contributed by atoms with E-state index in [1.807, 2.05) is 0 Å². The van der Waals surface area contributed by atoms with E-state index >= 15 is 0 Å². The van der Waals surface area contributed by atoms with Crippen molar-refractivity contribution < 1.29 is 45.8 Å². The van der Waals surface area contributed by atoms with E-state index in [1.54, 1.807) is 0 Å². The number of nitrogens with zero attached hydrogens (tertiary/aromatic N) is 1. The Balaban J connectivity index is 2.10. The van der Waals surface area contributed by atoms with Crippen LogP contribution in [0.15, 0.2) is 24.3 Å². The zero-order chi connectivity index (χ0) is 19.8. The number of hydrogen-bond donors (Lipinski definition) is 1. The fourth-order valence-corrected chi connectivity index (χ4v) is 2.69. The van der Waals surface area contributed by atoms with Gasteiger partial charge in [-0.15, -0.1) is 13.2 Å². The zero-order valence-electron chi connectivity index (χ0n) is 13.0. The minimum absolute atomic E-state index is 0.0941. The summed E-state index contributed by atoms with van der Waals surface area (Å²) in [5.74, 6) is -3.46. The van der Waals surface area contributed by atoms with Crippen molar-refractivity contribution in [2.45, 2.75) is 25.4 Å². The molecule has 0 bridgehead atoms. The van der Waals surface area contributed by atoms with Crippen LogP contribution in [0.3, 0.4) is 0 Å². The van der Waals surface area contributed by atoms with Crippen LogP contribution < -0.4 is 4.74 Å². The first-order valence-electron chi connectivity index (χ1n) is 7.27. The van der Waals surface area contributed by atoms with Crippen LogP contribution in [0, 0.1) is 5.41 Å². The van der Waals surface area contributed by atoms with Gasteiger partial charge in [-0.2, -0.15) is 13.2 Å². The van der Waals surface area contributed by atoms with Crippen LogP contribution >= 0.6 is 0 Å². The third-order valence-corrected chi connectivity index (χ3v) is 4.06. The van der Waals surface area contributed by atoms with Crippen LogP contribution in [-0.4, -0.2) is 47.5 Å². The minimum atomic E-state index is -5.03. The van der Waals surface area contributed by atoms with E-state index in [0.29, 0.717) is 0 Å². The van der Waals surface area contributed by atoms with Crippen LogP contribution in [0.4, 0.5) is 26.3 Å². The van der Waals surface area contributed by atoms with E-state index in [-0.39, 0.29) is 5.56 Å². The van der Waals surface area contributed by atoms with Crippen molar-refractivity contribution in [2.24, 2.45) is 5.41 Å². The first kappa shape index (κ1) is 19.9. The van der Waals surface area contributed by atoms with Crippen molar-refractivity contribution in [2.75, 3.05) is 13.1 Å². The van der Waals surface area contributed by atoms with Crippen LogP contribution in [0.1, 0.15) is 12.0 Å². The third-order valence-electron chi connectivity index (χ3n) is 4.06. The molecule has 1 N–H and O–H groups in total. The Morgan fingerprint density at radius 2 is 1.85 bits per heavy atom. The molecule has 144 valence electrons. The highest BCUT2D eigenvalue weighted by Gasteiger charge is 2.64. The Morgan fingerprint density at radius 3 is 2.35 bits per heavy atom. The second-order valence-corrected chi connectivity index (χ2v) is 5.82. The van der Waals surface area contributed by atoms with E-state index in [0.717, 1.165) is 17.0 Å². The quantitative estimate of drug-likeness (QED) is 0.810. The number of ether oxygens (including phenoxy) is 1. The average molecular weight is 385 g/mol. The highest BCUT2D eigenvalue weighted by atomic mass is 19.4. The monoisotopic (exact) mass is 385 g/mol. The van der Waals surface area contributed by atoms with Crippen molar-refractivity contribution in [3.8, 4) is 5.75 Å². The number of benzene rings is 1. The summed E-state index contributed by atoms with van der Waals surface area (Å²) in [5.41, 5.74) is -2.94. The van der Waals surface area contributed by atoms with E-state index in [1.165, 1.54) is 12.1 Å². The first-order chi connectivity index (χ1) is 11.8. The second-order valence-electron chi connectivity index (χ2n) is 5.82. The van der Waals surface area contributed by atoms with Crippen molar-refractivity contribution in [1.29, 1.82) is 0 Å². The van der Waals surface area contributed by atoms with Crippen molar-refractivity contribution >= 4 is 11.9 Å². The van der Waals surface area contributed by atoms with Crippen molar-refractivity contribution in [3.63, 3.8) is 0 Å². The number of alkyl halides is 6. The Labute approximate surface area is 143 Å². The molecule has 1 unspecified atom stereocenters. The Morgan fingerprint density at radius 1 is 1.19 bits per heavy atom. The summed E-state index contributed by atoms with van der Waals surface area (Å²) in [6, 6.07) is 4.46. The average Bonchev–Trinajstić information content (AvgIpc) is 2.92. The van der Waals surface area contributed by atoms with Gasteiger partial charge >= 0.3 is 18.5 Å². The topological polar surface area (TPSA) is 66.8 Å². The Bertz CT molecular complexity index is 702. The molecule has 1 saturated heterocycles. The maximum absolute atomic E-state index is 13.1. The number of carboxylic acid groups (broad SMARTS) is 1. The number of aliphatic carboxylic acids is 1. The molecule has 26 heavy (non-hydrogen) atoms. The summed E-state index contributed by atoms with van der Waals surface area (Å²) >= 11 is 0. The molecule has 1 aliphatic rings. The molecule has 0 radical (unpaired) electrons. The normalized spacial score (nSPS) is 20.9. The number of amides is 1. The Kier molecular flexibility index (Phi) is 5.11. The van der Waals surface area contributed by atoms with Gasteiger partial charge < -0.3 is 14.7 Å². The van der Waals surface area contributed by atoms with E-state index in [9.17, 15) is 35.9 Å². The van der Waals surface area contributed by atoms with Crippen molar-refractivity contribution in [3.05, 3.63) is 29.8 Å². The standard InChI is InChI=1S/C15H13F6NO4/c16-14(17,18)13(12(24)25)4-5-22(8-13)11(23)7-9-2-1-3-10(6-9)26-15(19,20)21/h1-3,6H,4-5,7-8H2,(H,24,25). The van der Waals surface area contributed by atoms with Crippen LogP contribution in [0.2, 0.25) is 0 Å². The number of carboxylic acids is 1. The summed E-state index contributed by atoms with van der Waals surface area (Å²) < 4.78 is 79.6. The van der Waals surface area contributed by atoms with Gasteiger partial charge in [-0.1, -0.05) is 12.1 Å². The van der Waals surface area contributed by atoms with Gasteiger partial charge in [0.1, 0.15) is 5.75 Å². The molecule has 1 aliphatic heterocycles. The van der Waals surface area contributed by atoms with E-state index in [4.69, 9.17) is 5.11 Å². The van der Waals surface area contributed by atoms with Crippen molar-refractivity contribution in [1.82, 2.24) is 4.90 Å². The van der Waals surface area contributed by atoms with Crippen LogP contribution in [0.5, 0.6) is 5.75 Å². The molecule has 1 aromatic carbocycles. The fourth-order valence-electron chi connectivity index (χ4n) is 2.69. The molecule has 0 saturated carbocycles. The first-order valence-corrected chi connectivity index (χ1v) is 7.27. The molecule has 1 atom stereocenters. The molecule has 1 aromatic rings. The smallest absolute Gasteiger partial charge is 0.481 e. The van der Waals surface area contributed by atoms with Gasteiger partial charge in [-0.3, -0.25) is 9.59 Å². The van der Waals surface area contributed by atoms with E-state index in [2.05, 4.69) is 4.74 Å². The summed E-state index contributed by atoms with van der Waals surface area (Å²) in [6.45, 7) is -1.45. The lowest BCUT2D eigenvalue weighted by molar-refractivity contribution is -0.274. The summed E-state index contributed by atoms with van der Waals surface area (Å²) in [7, 11) is 0. The molecule has 0 spiro atoms. The largest absolute Gasteiger partial charge is 0.573 e. The highest BCUT2D eigenvalue weighted by molar-refractivity contribution is 5.82. The maximum atomic E-state index is 13.1. The molecule has 0 aliphatic carbocycles. The third kappa shape index (κ3) is 4.20. The van der Waals surface area contributed by atoms with Gasteiger partial charge in [0.15, 0.2) is 5.41 Å². The lowest BCUT2D eigenvalue weighted by Crippen LogP contribution is -2.47. The molecule has 2 rings (SSSR count). The lowest BCUT2D eigenvalue weighted by atomic mass is 9.86. The van der Waals surface area contributed by atoms with Crippen LogP contribution in [-0.2, 0) is 16.0 Å². The molecule has 1 fully saturated rings. The number of rotatable bonds is 4. The molecule has 1 heterocycles. The highest BCUT2D eigenvalue weighted by Crippen LogP contribution is 2.45. The summed E-state index contributed by atoms with van der Waals surface area (Å²) in [6.07, 6.45) is -11.2. The SMILES string of the molecule is O=C(Cc1cccc(OC(F)(F)F)c1)N1CCC(C(=O)O)(C(F)(F)F)C1. The van der Waals surface area contributed by atoms with Gasteiger partial charge in [0.05, 0.1) is 6.42 Å². The van der Waals surface area contributed by atoms with Gasteiger partial charge in [0.25, 0.3) is 0 Å². The molecular weight excluding hydrogens is 372 g/mol. The number of carbonyl (C=O) groups is 2. The minimum Gasteiger partial charge on any atom is -0.481 e. The van der Waals surface area contributed by atoms with Gasteiger partial charge in [0, 0.05) is 13.1 Å². The van der Waals surface area contributed by atoms with Gasteiger partial charge in [-0.25, -0.2) is 0 Å². The molecule has 1 amide bonds. The van der Waals surface area contributed by atoms with Crippen LogP contribution in [0.25, 0.3) is 0 Å². The molecule has 0 aromatic heterocycles. The molecule has 11 heteroatoms. The predicted octanol–water partition coefficient (Wildman–Crippen LogP) is 2.99. The van der Waals surface area contributed by atoms with Gasteiger partial charge in [-0.05, 0) is 24.1 Å². The number of carbonyl (C=O) groups excluding carboxylic acids is 1. The number of hydrogen-bond acceptors (Lipinski definition) is 3. The zero-order valence-corrected chi connectivity index (χ0v) is 13.0. The molecule has 5 nitrogen and oxygen atoms in total. The number of halogens is 6. The summed E-state index contributed by atoms with van der Waals surface area (Å²) in [5, 5.41) is 8.95. The second kappa shape index (κ2) is 6.69. The lowest BCUT2D eigenvalue weighted by Gasteiger charge is -2.27. The number of likely N-dealkylation sites (tertiary alicyclic amines) is 1.